The molecule has 0 radical (unpaired) electrons. The molecule has 3 rings (SSSR count). The Morgan fingerprint density at radius 3 is 2.39 bits per heavy atom. The van der Waals surface area contributed by atoms with Gasteiger partial charge in [-0.3, -0.25) is 4.99 Å². The molecule has 0 saturated carbocycles. The van der Waals surface area contributed by atoms with Crippen LogP contribution in [0.2, 0.25) is 0 Å². The number of nitrogens with one attached hydrogen (secondary N) is 2. The fraction of sp³-hybridized carbons (Fsp3) is 0.480. The zero-order chi connectivity index (χ0) is 21.4. The number of benzene rings is 2. The van der Waals surface area contributed by atoms with Gasteiger partial charge in [-0.2, -0.15) is 0 Å². The second-order valence-electron chi connectivity index (χ2n) is 8.35. The molecule has 6 heteroatoms. The summed E-state index contributed by atoms with van der Waals surface area (Å²) in [4.78, 5) is 6.73. The quantitative estimate of drug-likeness (QED) is 0.311. The summed E-state index contributed by atoms with van der Waals surface area (Å²) in [5, 5.41) is 7.54. The Morgan fingerprint density at radius 1 is 1.10 bits per heavy atom. The van der Waals surface area contributed by atoms with E-state index in [9.17, 15) is 0 Å². The molecule has 0 aromatic heterocycles. The lowest BCUT2D eigenvalue weighted by Crippen LogP contribution is -2.58. The van der Waals surface area contributed by atoms with Crippen molar-refractivity contribution in [3.05, 3.63) is 71.3 Å². The average Bonchev–Trinajstić information content (AvgIpc) is 2.77. The van der Waals surface area contributed by atoms with E-state index in [2.05, 4.69) is 96.0 Å². The van der Waals surface area contributed by atoms with E-state index in [1.54, 1.807) is 0 Å². The van der Waals surface area contributed by atoms with Crippen LogP contribution >= 0.6 is 24.0 Å². The molecule has 1 unspecified atom stereocenters. The van der Waals surface area contributed by atoms with Crippen LogP contribution in [0.15, 0.2) is 59.6 Å². The molecule has 0 bridgehead atoms. The normalized spacial score (nSPS) is 16.8. The number of hydrogen-bond acceptors (Lipinski definition) is 3. The molecule has 1 aliphatic heterocycles. The molecule has 31 heavy (non-hydrogen) atoms. The fourth-order valence-electron chi connectivity index (χ4n) is 4.17. The number of aryl methyl sites for hydroxylation is 1. The molecule has 1 aliphatic rings. The van der Waals surface area contributed by atoms with E-state index in [-0.39, 0.29) is 35.6 Å². The van der Waals surface area contributed by atoms with Gasteiger partial charge in [-0.05, 0) is 43.4 Å². The summed E-state index contributed by atoms with van der Waals surface area (Å²) >= 11 is 0. The third-order valence-electron chi connectivity index (χ3n) is 6.10. The molecule has 2 aromatic carbocycles. The van der Waals surface area contributed by atoms with E-state index in [4.69, 9.17) is 4.74 Å². The van der Waals surface area contributed by atoms with Gasteiger partial charge < -0.3 is 20.3 Å². The van der Waals surface area contributed by atoms with E-state index in [1.807, 2.05) is 7.05 Å². The zero-order valence-electron chi connectivity index (χ0n) is 19.2. The van der Waals surface area contributed by atoms with Crippen molar-refractivity contribution in [2.45, 2.75) is 44.8 Å². The van der Waals surface area contributed by atoms with Crippen LogP contribution in [-0.2, 0) is 11.3 Å². The van der Waals surface area contributed by atoms with Gasteiger partial charge in [0.25, 0.3) is 0 Å². The molecular formula is C25H37IN4O. The van der Waals surface area contributed by atoms with Crippen molar-refractivity contribution in [3.8, 4) is 0 Å². The maximum absolute atomic E-state index is 5.68. The minimum absolute atomic E-state index is 0. The van der Waals surface area contributed by atoms with Gasteiger partial charge in [0.1, 0.15) is 0 Å². The number of halogens is 1. The first kappa shape index (κ1) is 25.6. The van der Waals surface area contributed by atoms with Crippen LogP contribution in [0.5, 0.6) is 0 Å². The predicted octanol–water partition coefficient (Wildman–Crippen LogP) is 4.52. The maximum Gasteiger partial charge on any atom is 0.193 e. The van der Waals surface area contributed by atoms with Crippen molar-refractivity contribution in [2.24, 2.45) is 4.99 Å². The monoisotopic (exact) mass is 536 g/mol. The highest BCUT2D eigenvalue weighted by Crippen LogP contribution is 2.25. The first-order chi connectivity index (χ1) is 14.5. The summed E-state index contributed by atoms with van der Waals surface area (Å²) in [5.74, 6) is 0.915. The van der Waals surface area contributed by atoms with E-state index in [1.165, 1.54) is 16.7 Å². The van der Waals surface area contributed by atoms with Crippen molar-refractivity contribution in [2.75, 3.05) is 33.9 Å². The van der Waals surface area contributed by atoms with Gasteiger partial charge >= 0.3 is 0 Å². The highest BCUT2D eigenvalue weighted by Gasteiger charge is 2.34. The summed E-state index contributed by atoms with van der Waals surface area (Å²) in [6.45, 7) is 7.62. The molecule has 1 saturated heterocycles. The molecule has 2 aromatic rings. The lowest BCUT2D eigenvalue weighted by Gasteiger charge is -2.41. The van der Waals surface area contributed by atoms with Gasteiger partial charge in [-0.15, -0.1) is 24.0 Å². The van der Waals surface area contributed by atoms with E-state index in [0.717, 1.165) is 45.1 Å². The van der Waals surface area contributed by atoms with Gasteiger partial charge in [-0.25, -0.2) is 0 Å². The summed E-state index contributed by atoms with van der Waals surface area (Å²) in [5.41, 5.74) is 3.91. The smallest absolute Gasteiger partial charge is 0.193 e. The van der Waals surface area contributed by atoms with Crippen LogP contribution < -0.4 is 10.6 Å². The molecule has 170 valence electrons. The van der Waals surface area contributed by atoms with Gasteiger partial charge in [0, 0.05) is 52.0 Å². The number of nitrogens with zero attached hydrogens (tertiary/aromatic N) is 2. The molecule has 0 spiro atoms. The van der Waals surface area contributed by atoms with Gasteiger partial charge in [-0.1, -0.05) is 54.6 Å². The molecule has 1 atom stereocenters. The number of hydrogen-bond donors (Lipinski definition) is 2. The summed E-state index contributed by atoms with van der Waals surface area (Å²) < 4.78 is 5.68. The van der Waals surface area contributed by atoms with Crippen molar-refractivity contribution in [3.63, 3.8) is 0 Å². The molecule has 1 heterocycles. The lowest BCUT2D eigenvalue weighted by atomic mass is 9.88. The topological polar surface area (TPSA) is 48.9 Å². The molecular weight excluding hydrogens is 499 g/mol. The highest BCUT2D eigenvalue weighted by molar-refractivity contribution is 14.0. The first-order valence-electron chi connectivity index (χ1n) is 10.9. The average molecular weight is 537 g/mol. The Bertz CT molecular complexity index is 821. The second kappa shape index (κ2) is 12.4. The molecule has 1 fully saturated rings. The minimum Gasteiger partial charge on any atom is -0.381 e. The van der Waals surface area contributed by atoms with Gasteiger partial charge in [0.2, 0.25) is 0 Å². The zero-order valence-corrected chi connectivity index (χ0v) is 21.6. The Hall–Kier alpha value is -1.64. The Morgan fingerprint density at radius 2 is 1.74 bits per heavy atom. The summed E-state index contributed by atoms with van der Waals surface area (Å²) in [6, 6.07) is 19.4. The van der Waals surface area contributed by atoms with Crippen LogP contribution in [0.3, 0.4) is 0 Å². The molecule has 5 nitrogen and oxygen atoms in total. The van der Waals surface area contributed by atoms with Gasteiger partial charge in [0.05, 0.1) is 0 Å². The van der Waals surface area contributed by atoms with Crippen molar-refractivity contribution in [1.82, 2.24) is 15.5 Å². The second-order valence-corrected chi connectivity index (χ2v) is 8.35. The van der Waals surface area contributed by atoms with Crippen LogP contribution in [0.25, 0.3) is 0 Å². The Kier molecular flexibility index (Phi) is 10.3. The van der Waals surface area contributed by atoms with Gasteiger partial charge in [0.15, 0.2) is 5.96 Å². The van der Waals surface area contributed by atoms with Crippen LogP contribution in [-0.4, -0.2) is 50.3 Å². The van der Waals surface area contributed by atoms with Crippen molar-refractivity contribution < 1.29 is 4.74 Å². The standard InChI is InChI=1S/C25H36N4O.HI/c1-20-10-8-9-13-23(20)18-29(4)24(26-3)27-19-25(14-16-30-17-15-25)28-21(2)22-11-6-5-7-12-22;/h5-13,21,28H,14-19H2,1-4H3,(H,26,27);1H. The number of aliphatic imine (C=N–C) groups is 1. The fourth-order valence-corrected chi connectivity index (χ4v) is 4.17. The predicted molar refractivity (Wildman–Crippen MR) is 140 cm³/mol. The van der Waals surface area contributed by atoms with E-state index in [0.29, 0.717) is 0 Å². The number of guanidine groups is 1. The Balaban J connectivity index is 0.00000341. The first-order valence-corrected chi connectivity index (χ1v) is 10.9. The summed E-state index contributed by atoms with van der Waals surface area (Å²) in [6.07, 6.45) is 1.96. The Labute approximate surface area is 204 Å². The molecule has 0 aliphatic carbocycles. The minimum atomic E-state index is -0.0209. The molecule has 2 N–H and O–H groups in total. The van der Waals surface area contributed by atoms with Crippen molar-refractivity contribution >= 4 is 29.9 Å². The SMILES string of the molecule is CN=C(NCC1(NC(C)c2ccccc2)CCOCC1)N(C)Cc1ccccc1C.I. The van der Waals surface area contributed by atoms with E-state index >= 15 is 0 Å². The number of rotatable bonds is 7. The van der Waals surface area contributed by atoms with Crippen LogP contribution in [0.1, 0.15) is 42.5 Å². The third kappa shape index (κ3) is 7.19. The largest absolute Gasteiger partial charge is 0.381 e. The summed E-state index contributed by atoms with van der Waals surface area (Å²) in [7, 11) is 3.95. The van der Waals surface area contributed by atoms with Crippen LogP contribution in [0, 0.1) is 6.92 Å². The highest BCUT2D eigenvalue weighted by atomic mass is 127. The maximum atomic E-state index is 5.68. The number of ether oxygens (including phenoxy) is 1. The third-order valence-corrected chi connectivity index (χ3v) is 6.10. The van der Waals surface area contributed by atoms with E-state index < -0.39 is 0 Å². The van der Waals surface area contributed by atoms with Crippen molar-refractivity contribution in [1.29, 1.82) is 0 Å². The molecule has 0 amide bonds. The lowest BCUT2D eigenvalue weighted by molar-refractivity contribution is 0.0353. The van der Waals surface area contributed by atoms with Crippen LogP contribution in [0.4, 0.5) is 0 Å².